The molecule has 1 aromatic rings. The summed E-state index contributed by atoms with van der Waals surface area (Å²) in [6.45, 7) is 0.383. The van der Waals surface area contributed by atoms with E-state index in [-0.39, 0.29) is 24.0 Å². The molecule has 13 heavy (non-hydrogen) atoms. The van der Waals surface area contributed by atoms with Gasteiger partial charge in [-0.15, -0.1) is 0 Å². The number of ether oxygens (including phenoxy) is 1. The summed E-state index contributed by atoms with van der Waals surface area (Å²) in [6, 6.07) is 6.43. The molecule has 0 amide bonds. The van der Waals surface area contributed by atoms with Gasteiger partial charge in [-0.1, -0.05) is 30.4 Å². The van der Waals surface area contributed by atoms with Crippen LogP contribution in [0.4, 0.5) is 4.39 Å². The zero-order chi connectivity index (χ0) is 9.68. The van der Waals surface area contributed by atoms with Crippen LogP contribution in [0.1, 0.15) is 5.56 Å². The van der Waals surface area contributed by atoms with Gasteiger partial charge in [-0.3, -0.25) is 0 Å². The molecule has 0 aromatic heterocycles. The number of benzene rings is 1. The first kappa shape index (κ1) is 10.1. The summed E-state index contributed by atoms with van der Waals surface area (Å²) in [5.41, 5.74) is 5.72. The lowest BCUT2D eigenvalue weighted by Crippen LogP contribution is -2.15. The van der Waals surface area contributed by atoms with Crippen LogP contribution in [-0.4, -0.2) is 11.6 Å². The van der Waals surface area contributed by atoms with Gasteiger partial charge in [0.15, 0.2) is 0 Å². The van der Waals surface area contributed by atoms with Crippen LogP contribution in [-0.2, 0) is 11.3 Å². The standard InChI is InChI=1S/C9H10FNOS/c10-8-4-2-1-3-7(8)5-12-6-9(11)13/h1-4H,5-6H2,(H2,11,13). The van der Waals surface area contributed by atoms with Gasteiger partial charge >= 0.3 is 0 Å². The fourth-order valence-corrected chi connectivity index (χ4v) is 0.960. The van der Waals surface area contributed by atoms with E-state index in [4.69, 9.17) is 10.5 Å². The predicted octanol–water partition coefficient (Wildman–Crippen LogP) is 1.63. The fourth-order valence-electron chi connectivity index (χ4n) is 0.877. The molecule has 0 unspecified atom stereocenters. The van der Waals surface area contributed by atoms with Crippen LogP contribution in [0, 0.1) is 5.82 Å². The van der Waals surface area contributed by atoms with Crippen LogP contribution in [0.5, 0.6) is 0 Å². The van der Waals surface area contributed by atoms with Crippen molar-refractivity contribution in [3.8, 4) is 0 Å². The largest absolute Gasteiger partial charge is 0.391 e. The molecule has 0 aliphatic carbocycles. The Morgan fingerprint density at radius 1 is 1.46 bits per heavy atom. The first-order chi connectivity index (χ1) is 6.20. The summed E-state index contributed by atoms with van der Waals surface area (Å²) < 4.78 is 18.0. The fraction of sp³-hybridized carbons (Fsp3) is 0.222. The second kappa shape index (κ2) is 4.89. The van der Waals surface area contributed by atoms with Crippen molar-refractivity contribution >= 4 is 17.2 Å². The summed E-state index contributed by atoms with van der Waals surface area (Å²) in [7, 11) is 0. The highest BCUT2D eigenvalue weighted by atomic mass is 32.1. The molecule has 0 fully saturated rings. The SMILES string of the molecule is NC(=S)COCc1ccccc1F. The summed E-state index contributed by atoms with van der Waals surface area (Å²) in [6.07, 6.45) is 0. The van der Waals surface area contributed by atoms with E-state index in [2.05, 4.69) is 12.2 Å². The van der Waals surface area contributed by atoms with E-state index >= 15 is 0 Å². The molecular formula is C9H10FNOS. The molecule has 0 heterocycles. The van der Waals surface area contributed by atoms with Crippen molar-refractivity contribution in [1.29, 1.82) is 0 Å². The van der Waals surface area contributed by atoms with Crippen molar-refractivity contribution in [2.45, 2.75) is 6.61 Å². The van der Waals surface area contributed by atoms with Gasteiger partial charge in [-0.2, -0.15) is 0 Å². The summed E-state index contributed by atoms with van der Waals surface area (Å²) in [4.78, 5) is 0.274. The van der Waals surface area contributed by atoms with Crippen LogP contribution >= 0.6 is 12.2 Å². The Bertz CT molecular complexity index is 303. The minimum Gasteiger partial charge on any atom is -0.391 e. The van der Waals surface area contributed by atoms with Gasteiger partial charge in [0.05, 0.1) is 18.2 Å². The Morgan fingerprint density at radius 2 is 2.15 bits per heavy atom. The molecule has 70 valence electrons. The molecule has 2 N–H and O–H groups in total. The summed E-state index contributed by atoms with van der Waals surface area (Å²) in [5, 5.41) is 0. The molecule has 0 spiro atoms. The highest BCUT2D eigenvalue weighted by molar-refractivity contribution is 7.80. The topological polar surface area (TPSA) is 35.2 Å². The van der Waals surface area contributed by atoms with E-state index in [0.717, 1.165) is 0 Å². The van der Waals surface area contributed by atoms with Crippen LogP contribution in [0.15, 0.2) is 24.3 Å². The molecule has 0 aliphatic rings. The highest BCUT2D eigenvalue weighted by Crippen LogP contribution is 2.07. The number of hydrogen-bond donors (Lipinski definition) is 1. The third-order valence-electron chi connectivity index (χ3n) is 1.46. The first-order valence-electron chi connectivity index (χ1n) is 3.79. The van der Waals surface area contributed by atoms with Crippen molar-refractivity contribution in [1.82, 2.24) is 0 Å². The Kier molecular flexibility index (Phi) is 3.79. The second-order valence-corrected chi connectivity index (χ2v) is 3.07. The van der Waals surface area contributed by atoms with Crippen molar-refractivity contribution < 1.29 is 9.13 Å². The number of rotatable bonds is 4. The van der Waals surface area contributed by atoms with E-state index in [1.54, 1.807) is 18.2 Å². The van der Waals surface area contributed by atoms with Gasteiger partial charge in [0, 0.05) is 5.56 Å². The lowest BCUT2D eigenvalue weighted by molar-refractivity contribution is 0.155. The lowest BCUT2D eigenvalue weighted by Gasteiger charge is -2.03. The molecule has 0 saturated carbocycles. The smallest absolute Gasteiger partial charge is 0.128 e. The number of thiocarbonyl (C=S) groups is 1. The molecule has 0 radical (unpaired) electrons. The van der Waals surface area contributed by atoms with Gasteiger partial charge in [0.1, 0.15) is 5.82 Å². The number of hydrogen-bond acceptors (Lipinski definition) is 2. The highest BCUT2D eigenvalue weighted by Gasteiger charge is 1.99. The molecule has 0 atom stereocenters. The molecular weight excluding hydrogens is 189 g/mol. The van der Waals surface area contributed by atoms with Crippen molar-refractivity contribution in [3.63, 3.8) is 0 Å². The molecule has 4 heteroatoms. The maximum atomic E-state index is 13.0. The molecule has 1 aromatic carbocycles. The van der Waals surface area contributed by atoms with E-state index in [1.807, 2.05) is 0 Å². The molecule has 1 rings (SSSR count). The average Bonchev–Trinajstić information content (AvgIpc) is 2.08. The van der Waals surface area contributed by atoms with Gasteiger partial charge < -0.3 is 10.5 Å². The third kappa shape index (κ3) is 3.48. The van der Waals surface area contributed by atoms with E-state index in [0.29, 0.717) is 5.56 Å². The van der Waals surface area contributed by atoms with Gasteiger partial charge in [-0.25, -0.2) is 4.39 Å². The molecule has 0 bridgehead atoms. The predicted molar refractivity (Wildman–Crippen MR) is 52.8 cm³/mol. The number of nitrogens with two attached hydrogens (primary N) is 1. The zero-order valence-electron chi connectivity index (χ0n) is 7.00. The second-order valence-electron chi connectivity index (χ2n) is 2.55. The van der Waals surface area contributed by atoms with Gasteiger partial charge in [0.2, 0.25) is 0 Å². The lowest BCUT2D eigenvalue weighted by atomic mass is 10.2. The minimum atomic E-state index is -0.273. The quantitative estimate of drug-likeness (QED) is 0.748. The zero-order valence-corrected chi connectivity index (χ0v) is 7.81. The summed E-state index contributed by atoms with van der Waals surface area (Å²) in [5.74, 6) is -0.273. The molecule has 2 nitrogen and oxygen atoms in total. The minimum absolute atomic E-state index is 0.184. The van der Waals surface area contributed by atoms with Crippen LogP contribution in [0.3, 0.4) is 0 Å². The van der Waals surface area contributed by atoms with Gasteiger partial charge in [-0.05, 0) is 6.07 Å². The average molecular weight is 199 g/mol. The monoisotopic (exact) mass is 199 g/mol. The van der Waals surface area contributed by atoms with E-state index < -0.39 is 0 Å². The first-order valence-corrected chi connectivity index (χ1v) is 4.20. The van der Waals surface area contributed by atoms with Crippen LogP contribution in [0.25, 0.3) is 0 Å². The van der Waals surface area contributed by atoms with Crippen LogP contribution < -0.4 is 5.73 Å². The summed E-state index contributed by atoms with van der Waals surface area (Å²) >= 11 is 4.60. The van der Waals surface area contributed by atoms with E-state index in [1.165, 1.54) is 6.07 Å². The van der Waals surface area contributed by atoms with Crippen molar-refractivity contribution in [2.75, 3.05) is 6.61 Å². The van der Waals surface area contributed by atoms with Crippen molar-refractivity contribution in [2.24, 2.45) is 5.73 Å². The van der Waals surface area contributed by atoms with Crippen LogP contribution in [0.2, 0.25) is 0 Å². The van der Waals surface area contributed by atoms with E-state index in [9.17, 15) is 4.39 Å². The van der Waals surface area contributed by atoms with Crippen molar-refractivity contribution in [3.05, 3.63) is 35.6 Å². The normalized spacial score (nSPS) is 9.92. The Balaban J connectivity index is 2.45. The Morgan fingerprint density at radius 3 is 2.77 bits per heavy atom. The van der Waals surface area contributed by atoms with Gasteiger partial charge in [0.25, 0.3) is 0 Å². The maximum Gasteiger partial charge on any atom is 0.128 e. The Hall–Kier alpha value is -1.00. The molecule has 0 aliphatic heterocycles. The maximum absolute atomic E-state index is 13.0. The molecule has 0 saturated heterocycles. The Labute approximate surface area is 81.5 Å². The number of halogens is 1. The third-order valence-corrected chi connectivity index (χ3v) is 1.58.